The summed E-state index contributed by atoms with van der Waals surface area (Å²) >= 11 is 0. The van der Waals surface area contributed by atoms with Crippen LogP contribution in [0.4, 0.5) is 0 Å². The smallest absolute Gasteiger partial charge is 0.127 e. The number of aryl methyl sites for hydroxylation is 1. The highest BCUT2D eigenvalue weighted by Gasteiger charge is 1.96. The maximum Gasteiger partial charge on any atom is 0.127 e. The van der Waals surface area contributed by atoms with Crippen LogP contribution in [0.5, 0.6) is 11.5 Å². The van der Waals surface area contributed by atoms with Gasteiger partial charge >= 0.3 is 0 Å². The molecule has 0 unspecified atom stereocenters. The third-order valence-electron chi connectivity index (χ3n) is 2.90. The van der Waals surface area contributed by atoms with Crippen molar-refractivity contribution in [2.45, 2.75) is 26.7 Å². The van der Waals surface area contributed by atoms with Crippen LogP contribution in [-0.2, 0) is 0 Å². The summed E-state index contributed by atoms with van der Waals surface area (Å²) in [5.74, 6) is 1.75. The zero-order valence-electron chi connectivity index (χ0n) is 11.6. The Labute approximate surface area is 115 Å². The average molecular weight is 252 g/mol. The molecule has 0 aliphatic rings. The van der Waals surface area contributed by atoms with Crippen LogP contribution in [0.15, 0.2) is 54.6 Å². The van der Waals surface area contributed by atoms with Crippen LogP contribution in [0.25, 0.3) is 6.08 Å². The van der Waals surface area contributed by atoms with Gasteiger partial charge in [0.05, 0.1) is 0 Å². The van der Waals surface area contributed by atoms with Gasteiger partial charge in [-0.25, -0.2) is 0 Å². The van der Waals surface area contributed by atoms with E-state index in [2.05, 4.69) is 50.3 Å². The second-order valence-corrected chi connectivity index (χ2v) is 4.68. The molecule has 0 radical (unpaired) electrons. The van der Waals surface area contributed by atoms with Crippen LogP contribution in [0.2, 0.25) is 0 Å². The van der Waals surface area contributed by atoms with Crippen molar-refractivity contribution in [3.05, 3.63) is 65.7 Å². The number of benzene rings is 2. The summed E-state index contributed by atoms with van der Waals surface area (Å²) in [6.45, 7) is 4.25. The van der Waals surface area contributed by atoms with Crippen LogP contribution in [0.3, 0.4) is 0 Å². The zero-order valence-corrected chi connectivity index (χ0v) is 11.6. The van der Waals surface area contributed by atoms with Crippen molar-refractivity contribution >= 4 is 6.08 Å². The molecule has 1 heteroatoms. The fourth-order valence-electron chi connectivity index (χ4n) is 1.78. The van der Waals surface area contributed by atoms with Crippen molar-refractivity contribution in [3.63, 3.8) is 0 Å². The van der Waals surface area contributed by atoms with Crippen LogP contribution >= 0.6 is 0 Å². The number of allylic oxidation sites excluding steroid dienone is 1. The van der Waals surface area contributed by atoms with Gasteiger partial charge in [-0.3, -0.25) is 0 Å². The van der Waals surface area contributed by atoms with Crippen LogP contribution < -0.4 is 4.74 Å². The summed E-state index contributed by atoms with van der Waals surface area (Å²) in [5, 5.41) is 0. The lowest BCUT2D eigenvalue weighted by molar-refractivity contribution is 0.482. The molecule has 0 spiro atoms. The summed E-state index contributed by atoms with van der Waals surface area (Å²) in [6, 6.07) is 16.3. The van der Waals surface area contributed by atoms with Gasteiger partial charge in [-0.15, -0.1) is 0 Å². The highest BCUT2D eigenvalue weighted by atomic mass is 16.5. The Bertz CT molecular complexity index is 521. The molecule has 0 saturated carbocycles. The van der Waals surface area contributed by atoms with Crippen LogP contribution in [0.1, 0.15) is 30.9 Å². The molecule has 0 amide bonds. The minimum absolute atomic E-state index is 0.872. The van der Waals surface area contributed by atoms with Crippen LogP contribution in [-0.4, -0.2) is 0 Å². The van der Waals surface area contributed by atoms with Crippen molar-refractivity contribution in [3.8, 4) is 11.5 Å². The molecule has 1 nitrogen and oxygen atoms in total. The van der Waals surface area contributed by atoms with Crippen molar-refractivity contribution < 1.29 is 4.74 Å². The highest BCUT2D eigenvalue weighted by molar-refractivity contribution is 5.50. The predicted octanol–water partition coefficient (Wildman–Crippen LogP) is 5.60. The zero-order chi connectivity index (χ0) is 13.5. The number of unbranched alkanes of at least 4 members (excludes halogenated alkanes) is 1. The predicted molar refractivity (Wildman–Crippen MR) is 81.6 cm³/mol. The van der Waals surface area contributed by atoms with Crippen LogP contribution in [0, 0.1) is 6.92 Å². The molecular formula is C18H20O. The van der Waals surface area contributed by atoms with Crippen molar-refractivity contribution in [2.75, 3.05) is 0 Å². The maximum absolute atomic E-state index is 5.79. The van der Waals surface area contributed by atoms with E-state index in [0.29, 0.717) is 0 Å². The molecule has 0 atom stereocenters. The van der Waals surface area contributed by atoms with Gasteiger partial charge in [0.25, 0.3) is 0 Å². The van der Waals surface area contributed by atoms with E-state index in [-0.39, 0.29) is 0 Å². The maximum atomic E-state index is 5.79. The Kier molecular flexibility index (Phi) is 4.79. The topological polar surface area (TPSA) is 9.23 Å². The largest absolute Gasteiger partial charge is 0.457 e. The Morgan fingerprint density at radius 2 is 1.47 bits per heavy atom. The van der Waals surface area contributed by atoms with E-state index in [1.165, 1.54) is 17.5 Å². The first-order valence-electron chi connectivity index (χ1n) is 6.79. The molecule has 0 heterocycles. The monoisotopic (exact) mass is 252 g/mol. The molecule has 0 aliphatic carbocycles. The van der Waals surface area contributed by atoms with Gasteiger partial charge in [-0.05, 0) is 43.2 Å². The van der Waals surface area contributed by atoms with Gasteiger partial charge < -0.3 is 4.74 Å². The highest BCUT2D eigenvalue weighted by Crippen LogP contribution is 2.22. The summed E-state index contributed by atoms with van der Waals surface area (Å²) in [7, 11) is 0. The second-order valence-electron chi connectivity index (χ2n) is 4.68. The van der Waals surface area contributed by atoms with Gasteiger partial charge in [0.1, 0.15) is 11.5 Å². The third-order valence-corrected chi connectivity index (χ3v) is 2.90. The Balaban J connectivity index is 2.00. The van der Waals surface area contributed by atoms with E-state index in [4.69, 9.17) is 4.74 Å². The quantitative estimate of drug-likeness (QED) is 0.673. The molecule has 2 aromatic rings. The summed E-state index contributed by atoms with van der Waals surface area (Å²) in [5.41, 5.74) is 2.45. The summed E-state index contributed by atoms with van der Waals surface area (Å²) in [4.78, 5) is 0. The molecule has 0 aromatic heterocycles. The molecule has 19 heavy (non-hydrogen) atoms. The van der Waals surface area contributed by atoms with E-state index in [0.717, 1.165) is 17.9 Å². The molecule has 98 valence electrons. The van der Waals surface area contributed by atoms with E-state index in [1.807, 2.05) is 24.3 Å². The van der Waals surface area contributed by atoms with E-state index >= 15 is 0 Å². The van der Waals surface area contributed by atoms with Gasteiger partial charge in [-0.2, -0.15) is 0 Å². The van der Waals surface area contributed by atoms with Gasteiger partial charge in [-0.1, -0.05) is 55.3 Å². The Hall–Kier alpha value is -2.02. The van der Waals surface area contributed by atoms with Crippen molar-refractivity contribution in [1.29, 1.82) is 0 Å². The fraction of sp³-hybridized carbons (Fsp3) is 0.222. The van der Waals surface area contributed by atoms with E-state index in [1.54, 1.807) is 0 Å². The molecule has 0 N–H and O–H groups in total. The molecule has 0 bridgehead atoms. The minimum Gasteiger partial charge on any atom is -0.457 e. The average Bonchev–Trinajstić information content (AvgIpc) is 2.44. The fourth-order valence-corrected chi connectivity index (χ4v) is 1.78. The second kappa shape index (κ2) is 6.79. The first-order chi connectivity index (χ1) is 9.28. The lowest BCUT2D eigenvalue weighted by Gasteiger charge is -2.06. The molecular weight excluding hydrogens is 232 g/mol. The van der Waals surface area contributed by atoms with Crippen molar-refractivity contribution in [1.82, 2.24) is 0 Å². The van der Waals surface area contributed by atoms with E-state index in [9.17, 15) is 0 Å². The normalized spacial score (nSPS) is 10.8. The van der Waals surface area contributed by atoms with Crippen molar-refractivity contribution in [2.24, 2.45) is 0 Å². The molecule has 0 fully saturated rings. The third kappa shape index (κ3) is 4.29. The first-order valence-corrected chi connectivity index (χ1v) is 6.79. The van der Waals surface area contributed by atoms with E-state index < -0.39 is 0 Å². The molecule has 2 rings (SSSR count). The number of hydrogen-bond donors (Lipinski definition) is 0. The number of hydrogen-bond acceptors (Lipinski definition) is 1. The minimum atomic E-state index is 0.872. The number of rotatable bonds is 5. The standard InChI is InChI=1S/C18H20O/c1-3-4-5-6-16-9-13-18(14-10-16)19-17-11-7-15(2)8-12-17/h5-14H,3-4H2,1-2H3. The Morgan fingerprint density at radius 1 is 0.895 bits per heavy atom. The first kappa shape index (κ1) is 13.4. The molecule has 0 aliphatic heterocycles. The van der Waals surface area contributed by atoms with Gasteiger partial charge in [0.15, 0.2) is 0 Å². The molecule has 0 saturated heterocycles. The number of ether oxygens (including phenoxy) is 1. The summed E-state index contributed by atoms with van der Waals surface area (Å²) < 4.78 is 5.79. The molecule has 2 aromatic carbocycles. The summed E-state index contributed by atoms with van der Waals surface area (Å²) in [6.07, 6.45) is 6.67. The van der Waals surface area contributed by atoms with Gasteiger partial charge in [0.2, 0.25) is 0 Å². The lowest BCUT2D eigenvalue weighted by Crippen LogP contribution is -1.84. The van der Waals surface area contributed by atoms with Gasteiger partial charge in [0, 0.05) is 0 Å². The Morgan fingerprint density at radius 3 is 2.05 bits per heavy atom. The lowest BCUT2D eigenvalue weighted by atomic mass is 10.2. The SMILES string of the molecule is CCCC=Cc1ccc(Oc2ccc(C)cc2)cc1.